The van der Waals surface area contributed by atoms with Crippen LogP contribution >= 0.6 is 7.60 Å². The van der Waals surface area contributed by atoms with Gasteiger partial charge < -0.3 is 0 Å². The number of rotatable bonds is 16. The number of hydrogen-bond acceptors (Lipinski definition) is 3. The monoisotopic (exact) mass is 498 g/mol. The van der Waals surface area contributed by atoms with Crippen LogP contribution in [0.1, 0.15) is 100 Å². The van der Waals surface area contributed by atoms with Crippen LogP contribution in [0.2, 0.25) is 13.3 Å². The fourth-order valence-electron chi connectivity index (χ4n) is 4.21. The molecule has 0 saturated heterocycles. The second kappa shape index (κ2) is 14.0. The van der Waals surface area contributed by atoms with Crippen LogP contribution in [0, 0.1) is 0 Å². The molecule has 0 rings (SSSR count). The molecule has 158 valence electrons. The first-order valence-corrected chi connectivity index (χ1v) is 20.5. The van der Waals surface area contributed by atoms with Crippen molar-refractivity contribution >= 4 is 26.0 Å². The molecular formula is C21H47O3PSn. The van der Waals surface area contributed by atoms with E-state index in [9.17, 15) is 4.57 Å². The topological polar surface area (TPSA) is 35.5 Å². The second-order valence-corrected chi connectivity index (χ2v) is 26.0. The van der Waals surface area contributed by atoms with E-state index in [1.54, 1.807) is 0 Å². The molecule has 0 aliphatic rings. The molecule has 0 bridgehead atoms. The predicted octanol–water partition coefficient (Wildman–Crippen LogP) is 8.20. The quantitative estimate of drug-likeness (QED) is 0.159. The minimum atomic E-state index is -3.09. The Hall–Kier alpha value is 0.949. The van der Waals surface area contributed by atoms with Gasteiger partial charge in [-0.3, -0.25) is 0 Å². The summed E-state index contributed by atoms with van der Waals surface area (Å²) in [6.07, 6.45) is 8.37. The molecule has 1 atom stereocenters. The van der Waals surface area contributed by atoms with Crippen molar-refractivity contribution in [2.24, 2.45) is 0 Å². The molecular weight excluding hydrogens is 450 g/mol. The molecule has 0 aromatic heterocycles. The van der Waals surface area contributed by atoms with Gasteiger partial charge in [0.15, 0.2) is 0 Å². The molecule has 26 heavy (non-hydrogen) atoms. The van der Waals surface area contributed by atoms with Gasteiger partial charge in [0.25, 0.3) is 0 Å². The fourth-order valence-corrected chi connectivity index (χ4v) is 32.8. The van der Waals surface area contributed by atoms with Crippen molar-refractivity contribution in [3.8, 4) is 0 Å². The Morgan fingerprint density at radius 2 is 1.08 bits per heavy atom. The molecule has 5 heteroatoms. The summed E-state index contributed by atoms with van der Waals surface area (Å²) >= 11 is -2.71. The van der Waals surface area contributed by atoms with Gasteiger partial charge in [-0.05, 0) is 0 Å². The number of hydrogen-bond donors (Lipinski definition) is 0. The Morgan fingerprint density at radius 1 is 0.731 bits per heavy atom. The van der Waals surface area contributed by atoms with Crippen LogP contribution in [0.4, 0.5) is 0 Å². The van der Waals surface area contributed by atoms with Crippen molar-refractivity contribution in [3.63, 3.8) is 0 Å². The molecule has 0 aromatic rings. The van der Waals surface area contributed by atoms with Gasteiger partial charge in [0, 0.05) is 0 Å². The van der Waals surface area contributed by atoms with Gasteiger partial charge in [0.05, 0.1) is 0 Å². The van der Waals surface area contributed by atoms with Crippen LogP contribution in [0.5, 0.6) is 0 Å². The van der Waals surface area contributed by atoms with Crippen LogP contribution in [0.3, 0.4) is 0 Å². The van der Waals surface area contributed by atoms with Gasteiger partial charge >= 0.3 is 169 Å². The average Bonchev–Trinajstić information content (AvgIpc) is 2.54. The Labute approximate surface area is 168 Å². The van der Waals surface area contributed by atoms with Gasteiger partial charge in [0.2, 0.25) is 0 Å². The zero-order valence-electron chi connectivity index (χ0n) is 19.0. The summed E-state index contributed by atoms with van der Waals surface area (Å²) in [5.74, 6) is 0. The van der Waals surface area contributed by atoms with Crippen LogP contribution in [-0.4, -0.2) is 34.3 Å². The molecule has 0 aliphatic carbocycles. The first-order valence-electron chi connectivity index (χ1n) is 11.2. The summed E-state index contributed by atoms with van der Waals surface area (Å²) in [5.41, 5.74) is 0. The average molecular weight is 497 g/mol. The normalized spacial score (nSPS) is 14.4. The third-order valence-corrected chi connectivity index (χ3v) is 31.0. The van der Waals surface area contributed by atoms with Crippen molar-refractivity contribution in [1.82, 2.24) is 0 Å². The molecule has 3 nitrogen and oxygen atoms in total. The van der Waals surface area contributed by atoms with E-state index >= 15 is 0 Å². The van der Waals surface area contributed by atoms with E-state index in [0.29, 0.717) is 0 Å². The Bertz CT molecular complexity index is 363. The van der Waals surface area contributed by atoms with E-state index in [1.807, 2.05) is 27.7 Å². The van der Waals surface area contributed by atoms with Crippen LogP contribution in [-0.2, 0) is 13.6 Å². The Morgan fingerprint density at radius 3 is 1.31 bits per heavy atom. The van der Waals surface area contributed by atoms with E-state index in [2.05, 4.69) is 27.7 Å². The van der Waals surface area contributed by atoms with E-state index in [4.69, 9.17) is 9.05 Å². The van der Waals surface area contributed by atoms with Crippen molar-refractivity contribution < 1.29 is 13.6 Å². The summed E-state index contributed by atoms with van der Waals surface area (Å²) in [4.78, 5) is 0. The van der Waals surface area contributed by atoms with Crippen molar-refractivity contribution in [1.29, 1.82) is 0 Å². The zero-order chi connectivity index (χ0) is 20.2. The van der Waals surface area contributed by atoms with Gasteiger partial charge in [-0.1, -0.05) is 0 Å². The molecule has 0 amide bonds. The zero-order valence-corrected chi connectivity index (χ0v) is 22.7. The first kappa shape index (κ1) is 26.9. The summed E-state index contributed by atoms with van der Waals surface area (Å²) < 4.78 is 30.6. The summed E-state index contributed by atoms with van der Waals surface area (Å²) in [6.45, 7) is 17.0. The molecule has 0 radical (unpaired) electrons. The van der Waals surface area contributed by atoms with Crippen LogP contribution in [0.15, 0.2) is 0 Å². The van der Waals surface area contributed by atoms with Crippen molar-refractivity contribution in [2.75, 3.05) is 0 Å². The van der Waals surface area contributed by atoms with Gasteiger partial charge in [-0.2, -0.15) is 0 Å². The van der Waals surface area contributed by atoms with Gasteiger partial charge in [0.1, 0.15) is 0 Å². The van der Waals surface area contributed by atoms with Gasteiger partial charge in [-0.25, -0.2) is 0 Å². The van der Waals surface area contributed by atoms with Crippen LogP contribution < -0.4 is 0 Å². The summed E-state index contributed by atoms with van der Waals surface area (Å²) in [7, 11) is -3.09. The third-order valence-electron chi connectivity index (χ3n) is 5.28. The van der Waals surface area contributed by atoms with Crippen molar-refractivity contribution in [2.45, 2.75) is 130 Å². The molecule has 0 N–H and O–H groups in total. The standard InChI is InChI=1S/C9H20O3P.3C4H9.Sn/c1-6-7-13(10,11-8(2)3)12-9(4)5;3*1-3-4-2;/h7-9H,6H2,1-5H3;3*1,3-4H2,2H3;. The van der Waals surface area contributed by atoms with E-state index in [1.165, 1.54) is 51.8 Å². The predicted molar refractivity (Wildman–Crippen MR) is 119 cm³/mol. The van der Waals surface area contributed by atoms with E-state index in [0.717, 1.165) is 6.42 Å². The molecule has 1 unspecified atom stereocenters. The van der Waals surface area contributed by atoms with E-state index < -0.39 is 26.0 Å². The fraction of sp³-hybridized carbons (Fsp3) is 1.00. The SMILES string of the molecule is CCC[CH2][Sn]([CH2]CCC)([CH2]CCC)[CH](CC)P(=O)(OC(C)C)OC(C)C. The molecule has 0 heterocycles. The summed E-state index contributed by atoms with van der Waals surface area (Å²) in [6, 6.07) is 0. The molecule has 0 spiro atoms. The maximum atomic E-state index is 14.1. The first-order chi connectivity index (χ1) is 12.2. The minimum absolute atomic E-state index is 0.0545. The second-order valence-electron chi connectivity index (χ2n) is 8.45. The molecule has 0 aromatic carbocycles. The number of unbranched alkanes of at least 4 members (excludes halogenated alkanes) is 3. The third kappa shape index (κ3) is 8.97. The molecule has 0 fully saturated rings. The Kier molecular flexibility index (Phi) is 14.5. The molecule has 0 saturated carbocycles. The Balaban J connectivity index is 6.03. The maximum absolute atomic E-state index is 14.1. The van der Waals surface area contributed by atoms with Crippen molar-refractivity contribution in [3.05, 3.63) is 0 Å². The van der Waals surface area contributed by atoms with Gasteiger partial charge in [-0.15, -0.1) is 0 Å². The van der Waals surface area contributed by atoms with E-state index in [-0.39, 0.29) is 15.9 Å². The molecule has 0 aliphatic heterocycles. The summed E-state index contributed by atoms with van der Waals surface area (Å²) in [5, 5.41) is 0. The van der Waals surface area contributed by atoms with Crippen LogP contribution in [0.25, 0.3) is 0 Å².